The molecule has 12 heavy (non-hydrogen) atoms. The molecular weight excluding hydrogens is 158 g/mol. The van der Waals surface area contributed by atoms with Gasteiger partial charge in [0.1, 0.15) is 9.05 Å². The van der Waals surface area contributed by atoms with Gasteiger partial charge in [0.05, 0.1) is 0 Å². The molecule has 4 nitrogen and oxygen atoms in total. The highest BCUT2D eigenvalue weighted by atomic mass is 16.3. The van der Waals surface area contributed by atoms with Gasteiger partial charge in [-0.05, 0) is 17.7 Å². The summed E-state index contributed by atoms with van der Waals surface area (Å²) in [6.45, 7) is 0. The van der Waals surface area contributed by atoms with E-state index in [2.05, 4.69) is 15.3 Å². The highest BCUT2D eigenvalue weighted by molar-refractivity contribution is 5.40. The number of benzene rings is 1. The molecule has 0 spiro atoms. The molecule has 0 amide bonds. The van der Waals surface area contributed by atoms with E-state index in [1.54, 1.807) is 6.07 Å². The first-order chi connectivity index (χ1) is 8.12. The van der Waals surface area contributed by atoms with Crippen LogP contribution in [-0.2, 0) is 6.42 Å². The Morgan fingerprint density at radius 2 is 2.42 bits per heavy atom. The van der Waals surface area contributed by atoms with Gasteiger partial charge in [0.15, 0.2) is 11.5 Å². The van der Waals surface area contributed by atoms with E-state index in [9.17, 15) is 0 Å². The van der Waals surface area contributed by atoms with Crippen molar-refractivity contribution in [2.45, 2.75) is 12.6 Å². The van der Waals surface area contributed by atoms with Crippen LogP contribution in [0, 0.1) is 0 Å². The Kier molecular flexibility index (Phi) is 1.17. The summed E-state index contributed by atoms with van der Waals surface area (Å²) < 4.78 is 34.2. The van der Waals surface area contributed by atoms with Crippen molar-refractivity contribution in [3.8, 4) is 11.5 Å². The molecule has 5 N–H and O–H groups in total. The van der Waals surface area contributed by atoms with Crippen LogP contribution in [0.3, 0.4) is 0 Å². The van der Waals surface area contributed by atoms with Crippen molar-refractivity contribution in [2.24, 2.45) is 5.72 Å². The van der Waals surface area contributed by atoms with Gasteiger partial charge in [0, 0.05) is 6.42 Å². The van der Waals surface area contributed by atoms with Gasteiger partial charge in [0.2, 0.25) is 1.43 Å². The maximum absolute atomic E-state index is 6.99. The van der Waals surface area contributed by atoms with Gasteiger partial charge in [0.25, 0.3) is 2.86 Å². The van der Waals surface area contributed by atoms with Crippen LogP contribution in [-0.4, -0.2) is 25.8 Å². The highest BCUT2D eigenvalue weighted by Crippen LogP contribution is 2.24. The minimum Gasteiger partial charge on any atom is -0.504 e. The smallest absolute Gasteiger partial charge is 0.293 e. The standard InChI is InChI=1S/C8H11NO3/c9-8(12)4-5-1-2-6(10)7(11)3-5/h1-3,8,10-12H,4,9H2/i12D/hD4. The third kappa shape index (κ3) is 2.11. The molecule has 1 aromatic rings. The number of phenols is 2. The molecule has 1 unspecified atom stereocenters. The number of aromatic hydroxyl groups is 2. The minimum absolute atomic E-state index is 0.0442. The Balaban J connectivity index is 2.85. The summed E-state index contributed by atoms with van der Waals surface area (Å²) in [6, 6.07) is 4.42. The second kappa shape index (κ2) is 3.42. The Hall–Kier alpha value is -1.26. The predicted molar refractivity (Wildman–Crippen MR) is 43.7 cm³/mol. The summed E-state index contributed by atoms with van der Waals surface area (Å²) >= 11 is 0. The average Bonchev–Trinajstić information content (AvgIpc) is 2.35. The number of nitrogens with two attached hydrogens (primary N) is 1. The maximum Gasteiger partial charge on any atom is 0.293 e. The quantitative estimate of drug-likeness (QED) is 0.359. The minimum atomic E-state index is -1.05. The van der Waals surface area contributed by atoms with Crippen molar-refractivity contribution in [1.82, 2.24) is 0 Å². The van der Waals surface area contributed by atoms with E-state index in [1.165, 1.54) is 12.1 Å². The Labute approximate surface area is 77.3 Å². The van der Waals surface area contributed by atoms with Gasteiger partial charge in [-0.2, -0.15) is 0 Å². The SMILES string of the molecule is [2H]Oc1ccc(CC(O[2H])N([2H])[2H])cc1O[2H]. The van der Waals surface area contributed by atoms with Gasteiger partial charge >= 0.3 is 0 Å². The first-order valence-electron chi connectivity index (χ1n) is 5.52. The molecule has 0 aliphatic heterocycles. The van der Waals surface area contributed by atoms with Crippen LogP contribution in [0.25, 0.3) is 0 Å². The van der Waals surface area contributed by atoms with Gasteiger partial charge in [-0.25, -0.2) is 0 Å². The lowest BCUT2D eigenvalue weighted by molar-refractivity contribution is 0.183. The van der Waals surface area contributed by atoms with Crippen molar-refractivity contribution in [1.29, 1.82) is 4.29 Å². The van der Waals surface area contributed by atoms with Gasteiger partial charge in [-0.1, -0.05) is 6.07 Å². The third-order valence-corrected chi connectivity index (χ3v) is 1.42. The lowest BCUT2D eigenvalue weighted by atomic mass is 10.1. The fourth-order valence-electron chi connectivity index (χ4n) is 0.881. The molecule has 1 aromatic carbocycles. The van der Waals surface area contributed by atoms with Crippen LogP contribution >= 0.6 is 0 Å². The molecule has 0 aliphatic rings. The molecule has 0 aliphatic carbocycles. The molecule has 0 heterocycles. The lowest BCUT2D eigenvalue weighted by Crippen LogP contribution is -2.21. The van der Waals surface area contributed by atoms with Gasteiger partial charge in [-0.15, -0.1) is 0 Å². The molecule has 1 rings (SSSR count). The van der Waals surface area contributed by atoms with Crippen LogP contribution in [0.15, 0.2) is 18.2 Å². The third-order valence-electron chi connectivity index (χ3n) is 1.42. The first kappa shape index (κ1) is 4.11. The number of phenolic OH excluding ortho intramolecular Hbond substituents is 2. The average molecular weight is 174 g/mol. The predicted octanol–water partition coefficient (Wildman–Crippen LogP) is -0.0826. The number of hydrogen-bond acceptors (Lipinski definition) is 4. The van der Waals surface area contributed by atoms with Gasteiger partial charge < -0.3 is 21.0 Å². The first-order valence-corrected chi connectivity index (χ1v) is 3.40. The summed E-state index contributed by atoms with van der Waals surface area (Å²) in [5.41, 5.74) is 0.859. The van der Waals surface area contributed by atoms with Crippen LogP contribution < -0.4 is 5.72 Å². The summed E-state index contributed by atoms with van der Waals surface area (Å²) in [5.74, 6) is 0.128. The number of hydrogen-bond donors (Lipinski definition) is 4. The normalized spacial score (nSPS) is 18.2. The molecule has 0 bridgehead atoms. The number of aliphatic hydroxyl groups is 1. The van der Waals surface area contributed by atoms with E-state index in [0.29, 0.717) is 5.56 Å². The largest absolute Gasteiger partial charge is 0.504 e. The molecule has 66 valence electrons. The van der Waals surface area contributed by atoms with Crippen LogP contribution in [0.5, 0.6) is 11.5 Å². The monoisotopic (exact) mass is 174 g/mol. The topological polar surface area (TPSA) is 86.7 Å². The highest BCUT2D eigenvalue weighted by Gasteiger charge is 2.02. The van der Waals surface area contributed by atoms with Crippen LogP contribution in [0.4, 0.5) is 0 Å². The summed E-state index contributed by atoms with van der Waals surface area (Å²) in [7, 11) is 0. The van der Waals surface area contributed by atoms with Crippen molar-refractivity contribution in [2.75, 3.05) is 0 Å². The zero-order chi connectivity index (χ0) is 12.8. The van der Waals surface area contributed by atoms with Crippen molar-refractivity contribution in [3.63, 3.8) is 0 Å². The van der Waals surface area contributed by atoms with E-state index in [0.717, 1.165) is 0 Å². The Bertz CT molecular complexity index is 365. The fourth-order valence-corrected chi connectivity index (χ4v) is 0.881. The number of rotatable bonds is 6. The Morgan fingerprint density at radius 1 is 1.50 bits per heavy atom. The molecule has 0 aromatic heterocycles. The van der Waals surface area contributed by atoms with E-state index in [4.69, 9.17) is 7.12 Å². The molecule has 0 saturated carbocycles. The van der Waals surface area contributed by atoms with Crippen LogP contribution in [0.2, 0.25) is 2.82 Å². The van der Waals surface area contributed by atoms with E-state index >= 15 is 0 Å². The van der Waals surface area contributed by atoms with Crippen molar-refractivity contribution < 1.29 is 18.2 Å². The lowest BCUT2D eigenvalue weighted by Gasteiger charge is -2.05. The summed E-state index contributed by atoms with van der Waals surface area (Å²) in [5, 5.41) is 12.7. The van der Waals surface area contributed by atoms with E-state index in [1.807, 2.05) is 0 Å². The van der Waals surface area contributed by atoms with Gasteiger partial charge in [-0.3, -0.25) is 0 Å². The molecule has 4 heteroatoms. The zero-order valence-electron chi connectivity index (χ0n) is 11.2. The summed E-state index contributed by atoms with van der Waals surface area (Å²) in [6.07, 6.45) is -0.943. The van der Waals surface area contributed by atoms with Crippen molar-refractivity contribution in [3.05, 3.63) is 23.8 Å². The van der Waals surface area contributed by atoms with Crippen LogP contribution in [0.1, 0.15) is 5.56 Å². The Morgan fingerprint density at radius 3 is 3.08 bits per heavy atom. The second-order valence-corrected chi connectivity index (χ2v) is 2.44. The summed E-state index contributed by atoms with van der Waals surface area (Å²) in [4.78, 5) is 0. The van der Waals surface area contributed by atoms with E-state index in [-0.39, 0.29) is 23.6 Å². The maximum atomic E-state index is 6.99. The fraction of sp³-hybridized carbons (Fsp3) is 0.250. The number of aliphatic hydroxyl groups excluding tert-OH is 1. The molecule has 0 radical (unpaired) electrons. The molecule has 1 atom stereocenters. The zero-order valence-corrected chi connectivity index (χ0v) is 6.19. The molecule has 0 saturated heterocycles. The van der Waals surface area contributed by atoms with E-state index < -0.39 is 6.23 Å². The molecular formula is C8H11NO3. The van der Waals surface area contributed by atoms with Crippen molar-refractivity contribution >= 4 is 0 Å². The molecule has 0 fully saturated rings. The second-order valence-electron chi connectivity index (χ2n) is 2.44.